The first-order valence-electron chi connectivity index (χ1n) is 8.13. The molecule has 10 nitrogen and oxygen atoms in total. The largest absolute Gasteiger partial charge is 1.00 e. The van der Waals surface area contributed by atoms with E-state index in [9.17, 15) is 25.9 Å². The minimum atomic E-state index is -4.84. The maximum Gasteiger partial charge on any atom is 1.00 e. The minimum absolute atomic E-state index is 0. The number of aromatic nitrogens is 1. The van der Waals surface area contributed by atoms with E-state index < -0.39 is 27.4 Å². The summed E-state index contributed by atoms with van der Waals surface area (Å²) in [4.78, 5) is 3.24. The predicted molar refractivity (Wildman–Crippen MR) is 99.9 cm³/mol. The smallest absolute Gasteiger partial charge is 0.726 e. The van der Waals surface area contributed by atoms with Crippen LogP contribution in [0.15, 0.2) is 42.5 Å². The van der Waals surface area contributed by atoms with Gasteiger partial charge in [0, 0.05) is 16.6 Å². The van der Waals surface area contributed by atoms with Gasteiger partial charge in [0.1, 0.15) is 18.1 Å². The summed E-state index contributed by atoms with van der Waals surface area (Å²) >= 11 is 0. The SMILES string of the molecule is Cc1c(-c2ccc(OS(=O)(=O)[O-])cc2)[nH]c2ccc(OCCOS(=O)(=O)[O-])cc12.[Na+].[Na+]. The van der Waals surface area contributed by atoms with Crippen molar-refractivity contribution in [2.75, 3.05) is 13.2 Å². The van der Waals surface area contributed by atoms with Gasteiger partial charge in [-0.1, -0.05) is 0 Å². The molecular formula is C17H15NNa2O9S2. The number of aromatic amines is 1. The maximum atomic E-state index is 10.7. The Morgan fingerprint density at radius 3 is 2.06 bits per heavy atom. The maximum absolute atomic E-state index is 10.7. The van der Waals surface area contributed by atoms with E-state index in [1.54, 1.807) is 30.3 Å². The average molecular weight is 487 g/mol. The molecule has 1 aromatic heterocycles. The number of aryl methyl sites for hydroxylation is 1. The van der Waals surface area contributed by atoms with Crippen molar-refractivity contribution < 1.29 is 98.2 Å². The second kappa shape index (κ2) is 11.5. The van der Waals surface area contributed by atoms with E-state index in [2.05, 4.69) is 13.4 Å². The van der Waals surface area contributed by atoms with Crippen LogP contribution < -0.4 is 68.0 Å². The molecule has 0 unspecified atom stereocenters. The Morgan fingerprint density at radius 2 is 1.48 bits per heavy atom. The summed E-state index contributed by atoms with van der Waals surface area (Å²) in [6.07, 6.45) is 0. The van der Waals surface area contributed by atoms with Crippen molar-refractivity contribution in [2.24, 2.45) is 0 Å². The van der Waals surface area contributed by atoms with Crippen LogP contribution >= 0.6 is 0 Å². The van der Waals surface area contributed by atoms with Gasteiger partial charge in [-0.3, -0.25) is 4.18 Å². The van der Waals surface area contributed by atoms with Crippen molar-refractivity contribution in [2.45, 2.75) is 6.92 Å². The molecule has 0 amide bonds. The van der Waals surface area contributed by atoms with E-state index in [1.807, 2.05) is 6.92 Å². The van der Waals surface area contributed by atoms with Gasteiger partial charge >= 0.3 is 59.1 Å². The number of fused-ring (bicyclic) bond motifs is 1. The summed E-state index contributed by atoms with van der Waals surface area (Å²) in [5, 5.41) is 0.845. The molecule has 0 aliphatic carbocycles. The number of H-pyrrole nitrogens is 1. The Bertz CT molecular complexity index is 1240. The minimum Gasteiger partial charge on any atom is -0.726 e. The molecule has 31 heavy (non-hydrogen) atoms. The molecule has 0 saturated heterocycles. The van der Waals surface area contributed by atoms with E-state index in [0.29, 0.717) is 5.75 Å². The third kappa shape index (κ3) is 8.33. The van der Waals surface area contributed by atoms with Crippen molar-refractivity contribution in [1.82, 2.24) is 4.98 Å². The second-order valence-electron chi connectivity index (χ2n) is 5.93. The van der Waals surface area contributed by atoms with Crippen LogP contribution in [0.5, 0.6) is 11.5 Å². The van der Waals surface area contributed by atoms with Crippen molar-refractivity contribution in [3.63, 3.8) is 0 Å². The van der Waals surface area contributed by atoms with E-state index in [-0.39, 0.29) is 71.5 Å². The summed E-state index contributed by atoms with van der Waals surface area (Å²) in [5.74, 6) is 0.373. The summed E-state index contributed by atoms with van der Waals surface area (Å²) in [6.45, 7) is 1.36. The van der Waals surface area contributed by atoms with Crippen LogP contribution in [0, 0.1) is 6.92 Å². The van der Waals surface area contributed by atoms with E-state index in [1.165, 1.54) is 12.1 Å². The zero-order chi connectivity index (χ0) is 21.2. The number of nitrogens with one attached hydrogen (secondary N) is 1. The quantitative estimate of drug-likeness (QED) is 0.144. The molecule has 3 aromatic rings. The second-order valence-corrected chi connectivity index (χ2v) is 7.96. The summed E-state index contributed by atoms with van der Waals surface area (Å²) < 4.78 is 76.9. The Balaban J connectivity index is 0.00000240. The summed E-state index contributed by atoms with van der Waals surface area (Å²) in [7, 11) is -9.59. The van der Waals surface area contributed by atoms with E-state index >= 15 is 0 Å². The predicted octanol–water partition coefficient (Wildman–Crippen LogP) is -4.15. The summed E-state index contributed by atoms with van der Waals surface area (Å²) in [6, 6.07) is 11.1. The first-order valence-corrected chi connectivity index (χ1v) is 10.8. The molecule has 156 valence electrons. The fourth-order valence-electron chi connectivity index (χ4n) is 2.77. The first-order chi connectivity index (χ1) is 13.5. The van der Waals surface area contributed by atoms with Gasteiger partial charge in [0.15, 0.2) is 0 Å². The molecule has 3 rings (SSSR count). The van der Waals surface area contributed by atoms with E-state index in [4.69, 9.17) is 4.74 Å². The molecular weight excluding hydrogens is 472 g/mol. The monoisotopic (exact) mass is 487 g/mol. The van der Waals surface area contributed by atoms with Gasteiger partial charge in [0.25, 0.3) is 10.4 Å². The molecule has 0 fully saturated rings. The number of rotatable bonds is 8. The molecule has 0 spiro atoms. The van der Waals surface area contributed by atoms with Crippen molar-refractivity contribution in [1.29, 1.82) is 0 Å². The molecule has 0 aliphatic rings. The molecule has 14 heteroatoms. The standard InChI is InChI=1S/C17H17NO9S2.2Na/c1-11-15-10-14(25-8-9-26-28(19,20)21)6-7-16(15)18-17(11)12-2-4-13(5-3-12)27-29(22,23)24;;/h2-7,10,18H,8-9H2,1H3,(H,19,20,21)(H,22,23,24);;/q;2*+1/p-2. The molecule has 1 heterocycles. The number of ether oxygens (including phenoxy) is 1. The van der Waals surface area contributed by atoms with Gasteiger partial charge in [-0.15, -0.1) is 0 Å². The van der Waals surface area contributed by atoms with Gasteiger partial charge in [-0.25, -0.2) is 16.8 Å². The van der Waals surface area contributed by atoms with Crippen LogP contribution in [0.2, 0.25) is 0 Å². The fraction of sp³-hybridized carbons (Fsp3) is 0.176. The van der Waals surface area contributed by atoms with Crippen LogP contribution in [0.3, 0.4) is 0 Å². The molecule has 0 bridgehead atoms. The van der Waals surface area contributed by atoms with Gasteiger partial charge in [-0.2, -0.15) is 0 Å². The third-order valence-corrected chi connectivity index (χ3v) is 4.80. The van der Waals surface area contributed by atoms with Crippen molar-refractivity contribution in [3.8, 4) is 22.8 Å². The number of hydrogen-bond acceptors (Lipinski definition) is 9. The van der Waals surface area contributed by atoms with Gasteiger partial charge in [0.05, 0.1) is 6.61 Å². The van der Waals surface area contributed by atoms with Gasteiger partial charge in [-0.05, 0) is 60.5 Å². The molecule has 1 N–H and O–H groups in total. The van der Waals surface area contributed by atoms with Crippen LogP contribution in [0.1, 0.15) is 5.56 Å². The zero-order valence-electron chi connectivity index (χ0n) is 16.9. The average Bonchev–Trinajstić information content (AvgIpc) is 2.94. The molecule has 0 aliphatic heterocycles. The molecule has 0 saturated carbocycles. The third-order valence-electron chi connectivity index (χ3n) is 3.95. The number of benzene rings is 2. The first kappa shape index (κ1) is 28.4. The Morgan fingerprint density at radius 1 is 0.871 bits per heavy atom. The fourth-order valence-corrected chi connectivity index (χ4v) is 3.39. The van der Waals surface area contributed by atoms with Gasteiger partial charge in [0.2, 0.25) is 10.4 Å². The van der Waals surface area contributed by atoms with Crippen molar-refractivity contribution in [3.05, 3.63) is 48.0 Å². The van der Waals surface area contributed by atoms with Crippen LogP contribution in [-0.2, 0) is 25.0 Å². The van der Waals surface area contributed by atoms with Crippen LogP contribution in [0.4, 0.5) is 0 Å². The Hall–Kier alpha value is -0.640. The van der Waals surface area contributed by atoms with E-state index in [0.717, 1.165) is 27.7 Å². The normalized spacial score (nSPS) is 11.5. The molecule has 0 radical (unpaired) electrons. The topological polar surface area (TPSA) is 158 Å². The Labute approximate surface area is 223 Å². The molecule has 2 aromatic carbocycles. The Kier molecular flexibility index (Phi) is 10.5. The zero-order valence-corrected chi connectivity index (χ0v) is 22.6. The van der Waals surface area contributed by atoms with Gasteiger partial charge < -0.3 is 23.0 Å². The van der Waals surface area contributed by atoms with Crippen molar-refractivity contribution >= 4 is 31.7 Å². The van der Waals surface area contributed by atoms with Crippen LogP contribution in [-0.4, -0.2) is 44.1 Å². The summed E-state index contributed by atoms with van der Waals surface area (Å²) in [5.41, 5.74) is 3.21. The molecule has 0 atom stereocenters. The van der Waals surface area contributed by atoms with Crippen LogP contribution in [0.25, 0.3) is 22.2 Å². The number of hydrogen-bond donors (Lipinski definition) is 1.